The number of benzene rings is 2. The third-order valence-corrected chi connectivity index (χ3v) is 4.13. The molecule has 2 aromatic rings. The van der Waals surface area contributed by atoms with Gasteiger partial charge < -0.3 is 5.73 Å². The Morgan fingerprint density at radius 2 is 1.83 bits per heavy atom. The van der Waals surface area contributed by atoms with E-state index >= 15 is 0 Å². The Balaban J connectivity index is 1.72. The van der Waals surface area contributed by atoms with Gasteiger partial charge in [0, 0.05) is 24.7 Å². The van der Waals surface area contributed by atoms with Gasteiger partial charge >= 0.3 is 0 Å². The second-order valence-corrected chi connectivity index (χ2v) is 6.01. The van der Waals surface area contributed by atoms with Crippen molar-refractivity contribution in [3.8, 4) is 6.07 Å². The van der Waals surface area contributed by atoms with Crippen LogP contribution in [-0.4, -0.2) is 16.8 Å². The lowest BCUT2D eigenvalue weighted by Gasteiger charge is -2.22. The molecule has 0 spiro atoms. The minimum Gasteiger partial charge on any atom is -0.366 e. The zero-order valence-electron chi connectivity index (χ0n) is 12.9. The largest absolute Gasteiger partial charge is 0.366 e. The van der Waals surface area contributed by atoms with E-state index in [1.807, 2.05) is 30.3 Å². The van der Waals surface area contributed by atoms with Gasteiger partial charge in [0.1, 0.15) is 0 Å². The number of hydrogen-bond donors (Lipinski definition) is 1. The standard InChI is InChI=1S/C19H19N3O/c20-11-15-2-1-3-16(10-15)13-22(18-8-9-18)12-14-4-6-17(7-5-14)19(21)23/h1-7,10,18H,8-9,12-13H2,(H2,21,23). The highest BCUT2D eigenvalue weighted by Crippen LogP contribution is 2.30. The SMILES string of the molecule is N#Cc1cccc(CN(Cc2ccc(C(N)=O)cc2)C2CC2)c1. The zero-order valence-corrected chi connectivity index (χ0v) is 12.9. The number of nitrogens with zero attached hydrogens (tertiary/aromatic N) is 2. The van der Waals surface area contributed by atoms with E-state index < -0.39 is 5.91 Å². The molecule has 2 aromatic carbocycles. The summed E-state index contributed by atoms with van der Waals surface area (Å²) in [5.41, 5.74) is 8.83. The number of hydrogen-bond acceptors (Lipinski definition) is 3. The van der Waals surface area contributed by atoms with E-state index in [9.17, 15) is 4.79 Å². The average molecular weight is 305 g/mol. The smallest absolute Gasteiger partial charge is 0.248 e. The second-order valence-electron chi connectivity index (χ2n) is 6.01. The van der Waals surface area contributed by atoms with Crippen LogP contribution in [0, 0.1) is 11.3 Å². The molecule has 1 amide bonds. The van der Waals surface area contributed by atoms with E-state index in [-0.39, 0.29) is 0 Å². The molecule has 4 heteroatoms. The van der Waals surface area contributed by atoms with E-state index in [0.717, 1.165) is 18.7 Å². The molecule has 0 bridgehead atoms. The Morgan fingerprint density at radius 1 is 1.13 bits per heavy atom. The Morgan fingerprint density at radius 3 is 2.43 bits per heavy atom. The molecule has 1 fully saturated rings. The fourth-order valence-electron chi connectivity index (χ4n) is 2.74. The molecular formula is C19H19N3O. The fraction of sp³-hybridized carbons (Fsp3) is 0.263. The molecule has 2 N–H and O–H groups in total. The van der Waals surface area contributed by atoms with Gasteiger partial charge in [-0.15, -0.1) is 0 Å². The summed E-state index contributed by atoms with van der Waals surface area (Å²) in [7, 11) is 0. The Hall–Kier alpha value is -2.64. The van der Waals surface area contributed by atoms with Crippen LogP contribution >= 0.6 is 0 Å². The van der Waals surface area contributed by atoms with E-state index in [0.29, 0.717) is 17.2 Å². The summed E-state index contributed by atoms with van der Waals surface area (Å²) in [6.45, 7) is 1.66. The minimum atomic E-state index is -0.399. The normalized spacial score (nSPS) is 13.7. The molecule has 0 atom stereocenters. The first-order valence-electron chi connectivity index (χ1n) is 7.77. The molecule has 0 saturated heterocycles. The van der Waals surface area contributed by atoms with Crippen molar-refractivity contribution in [2.45, 2.75) is 32.0 Å². The molecule has 4 nitrogen and oxygen atoms in total. The van der Waals surface area contributed by atoms with Crippen molar-refractivity contribution in [1.29, 1.82) is 5.26 Å². The number of nitrogens with two attached hydrogens (primary N) is 1. The second kappa shape index (κ2) is 6.64. The highest BCUT2D eigenvalue weighted by atomic mass is 16.1. The predicted octanol–water partition coefficient (Wildman–Crippen LogP) is 2.82. The van der Waals surface area contributed by atoms with Crippen molar-refractivity contribution in [1.82, 2.24) is 4.90 Å². The Labute approximate surface area is 136 Å². The monoisotopic (exact) mass is 305 g/mol. The van der Waals surface area contributed by atoms with Gasteiger partial charge in [-0.05, 0) is 48.2 Å². The number of amides is 1. The van der Waals surface area contributed by atoms with Gasteiger partial charge in [0.15, 0.2) is 0 Å². The summed E-state index contributed by atoms with van der Waals surface area (Å²) >= 11 is 0. The van der Waals surface area contributed by atoms with Crippen LogP contribution in [0.4, 0.5) is 0 Å². The maximum Gasteiger partial charge on any atom is 0.248 e. The average Bonchev–Trinajstić information content (AvgIpc) is 3.40. The third-order valence-electron chi connectivity index (χ3n) is 4.13. The predicted molar refractivity (Wildman–Crippen MR) is 88.4 cm³/mol. The lowest BCUT2D eigenvalue weighted by molar-refractivity contribution is 0.100. The number of nitriles is 1. The Kier molecular flexibility index (Phi) is 4.40. The molecule has 3 rings (SSSR count). The highest BCUT2D eigenvalue weighted by Gasteiger charge is 2.28. The molecule has 0 unspecified atom stereocenters. The van der Waals surface area contributed by atoms with Crippen LogP contribution < -0.4 is 5.73 Å². The molecule has 1 aliphatic carbocycles. The number of primary amides is 1. The van der Waals surface area contributed by atoms with Gasteiger partial charge in [0.2, 0.25) is 5.91 Å². The first kappa shape index (κ1) is 15.3. The maximum absolute atomic E-state index is 11.1. The zero-order chi connectivity index (χ0) is 16.2. The van der Waals surface area contributed by atoms with Crippen LogP contribution in [0.3, 0.4) is 0 Å². The van der Waals surface area contributed by atoms with Crippen LogP contribution in [0.15, 0.2) is 48.5 Å². The van der Waals surface area contributed by atoms with Crippen LogP contribution in [-0.2, 0) is 13.1 Å². The summed E-state index contributed by atoms with van der Waals surface area (Å²) in [4.78, 5) is 13.6. The van der Waals surface area contributed by atoms with E-state index in [2.05, 4.69) is 17.0 Å². The van der Waals surface area contributed by atoms with Gasteiger partial charge in [-0.1, -0.05) is 24.3 Å². The summed E-state index contributed by atoms with van der Waals surface area (Å²) in [5, 5.41) is 9.02. The van der Waals surface area contributed by atoms with Crippen molar-refractivity contribution in [3.63, 3.8) is 0 Å². The van der Waals surface area contributed by atoms with Crippen molar-refractivity contribution in [2.24, 2.45) is 5.73 Å². The molecule has 1 saturated carbocycles. The molecular weight excluding hydrogens is 286 g/mol. The fourth-order valence-corrected chi connectivity index (χ4v) is 2.74. The Bertz CT molecular complexity index is 742. The number of rotatable bonds is 6. The first-order chi connectivity index (χ1) is 11.2. The van der Waals surface area contributed by atoms with Gasteiger partial charge in [-0.3, -0.25) is 9.69 Å². The van der Waals surface area contributed by atoms with Crippen molar-refractivity contribution >= 4 is 5.91 Å². The molecule has 0 aromatic heterocycles. The van der Waals surface area contributed by atoms with E-state index in [1.165, 1.54) is 18.4 Å². The van der Waals surface area contributed by atoms with Crippen LogP contribution in [0.1, 0.15) is 39.9 Å². The number of carbonyl (C=O) groups is 1. The van der Waals surface area contributed by atoms with Crippen molar-refractivity contribution in [3.05, 3.63) is 70.8 Å². The molecule has 0 aliphatic heterocycles. The summed E-state index contributed by atoms with van der Waals surface area (Å²) in [5.74, 6) is -0.399. The molecule has 1 aliphatic rings. The first-order valence-corrected chi connectivity index (χ1v) is 7.77. The molecule has 23 heavy (non-hydrogen) atoms. The van der Waals surface area contributed by atoms with Crippen molar-refractivity contribution < 1.29 is 4.79 Å². The highest BCUT2D eigenvalue weighted by molar-refractivity contribution is 5.92. The summed E-state index contributed by atoms with van der Waals surface area (Å²) in [6.07, 6.45) is 2.44. The minimum absolute atomic E-state index is 0.399. The molecule has 116 valence electrons. The van der Waals surface area contributed by atoms with Gasteiger partial charge in [0.05, 0.1) is 11.6 Å². The van der Waals surface area contributed by atoms with Crippen LogP contribution in [0.25, 0.3) is 0 Å². The van der Waals surface area contributed by atoms with E-state index in [4.69, 9.17) is 11.0 Å². The quantitative estimate of drug-likeness (QED) is 0.892. The maximum atomic E-state index is 11.1. The van der Waals surface area contributed by atoms with Gasteiger partial charge in [0.25, 0.3) is 0 Å². The van der Waals surface area contributed by atoms with Crippen LogP contribution in [0.5, 0.6) is 0 Å². The third kappa shape index (κ3) is 3.97. The molecule has 0 radical (unpaired) electrons. The van der Waals surface area contributed by atoms with Crippen LogP contribution in [0.2, 0.25) is 0 Å². The topological polar surface area (TPSA) is 70.1 Å². The van der Waals surface area contributed by atoms with Crippen molar-refractivity contribution in [2.75, 3.05) is 0 Å². The summed E-state index contributed by atoms with van der Waals surface area (Å²) < 4.78 is 0. The van der Waals surface area contributed by atoms with E-state index in [1.54, 1.807) is 12.1 Å². The van der Waals surface area contributed by atoms with Gasteiger partial charge in [-0.25, -0.2) is 0 Å². The lowest BCUT2D eigenvalue weighted by atomic mass is 10.1. The number of carbonyl (C=O) groups excluding carboxylic acids is 1. The molecule has 0 heterocycles. The summed E-state index contributed by atoms with van der Waals surface area (Å²) in [6, 6.07) is 18.0. The lowest BCUT2D eigenvalue weighted by Crippen LogP contribution is -2.25. The van der Waals surface area contributed by atoms with Gasteiger partial charge in [-0.2, -0.15) is 5.26 Å².